The van der Waals surface area contributed by atoms with Crippen LogP contribution in [-0.2, 0) is 9.53 Å². The Balaban J connectivity index is 2.42. The van der Waals surface area contributed by atoms with Crippen molar-refractivity contribution in [2.45, 2.75) is 32.3 Å². The monoisotopic (exact) mass is 201 g/mol. The molecule has 1 aliphatic heterocycles. The Bertz CT molecular complexity index is 249. The van der Waals surface area contributed by atoms with Crippen molar-refractivity contribution < 1.29 is 19.4 Å². The summed E-state index contributed by atoms with van der Waals surface area (Å²) < 4.78 is 5.11. The van der Waals surface area contributed by atoms with Gasteiger partial charge in [-0.05, 0) is 13.8 Å². The van der Waals surface area contributed by atoms with Gasteiger partial charge in [0.15, 0.2) is 0 Å². The number of carboxylic acids is 1. The molecular formula is C9H15NO4. The van der Waals surface area contributed by atoms with Crippen LogP contribution in [0, 0.1) is 0 Å². The summed E-state index contributed by atoms with van der Waals surface area (Å²) in [6.07, 6.45) is 0.288. The fourth-order valence-electron chi connectivity index (χ4n) is 1.28. The van der Waals surface area contributed by atoms with Gasteiger partial charge in [0.2, 0.25) is 0 Å². The van der Waals surface area contributed by atoms with Crippen molar-refractivity contribution in [2.75, 3.05) is 13.1 Å². The molecule has 80 valence electrons. The molecule has 1 heterocycles. The standard InChI is InChI=1S/C9H15NO4/c1-9(2)4-6-10(8(13)14-9)5-3-7(11)12/h3-6H2,1-2H3,(H,11,12). The molecule has 1 saturated heterocycles. The second-order valence-corrected chi connectivity index (χ2v) is 4.01. The van der Waals surface area contributed by atoms with Crippen LogP contribution in [0.25, 0.3) is 0 Å². The van der Waals surface area contributed by atoms with Gasteiger partial charge in [-0.3, -0.25) is 4.79 Å². The molecule has 5 nitrogen and oxygen atoms in total. The minimum atomic E-state index is -0.900. The number of nitrogens with zero attached hydrogens (tertiary/aromatic N) is 1. The Labute approximate surface area is 82.6 Å². The molecule has 1 rings (SSSR count). The van der Waals surface area contributed by atoms with Gasteiger partial charge < -0.3 is 14.7 Å². The van der Waals surface area contributed by atoms with Gasteiger partial charge in [-0.25, -0.2) is 4.79 Å². The summed E-state index contributed by atoms with van der Waals surface area (Å²) >= 11 is 0. The van der Waals surface area contributed by atoms with Crippen LogP contribution in [0.5, 0.6) is 0 Å². The Kier molecular flexibility index (Phi) is 2.98. The number of aliphatic carboxylic acids is 1. The van der Waals surface area contributed by atoms with Gasteiger partial charge in [0, 0.05) is 19.5 Å². The zero-order chi connectivity index (χ0) is 10.8. The molecule has 0 bridgehead atoms. The fourth-order valence-corrected chi connectivity index (χ4v) is 1.28. The van der Waals surface area contributed by atoms with Crippen LogP contribution in [0.3, 0.4) is 0 Å². The minimum Gasteiger partial charge on any atom is -0.481 e. The molecule has 0 radical (unpaired) electrons. The first-order chi connectivity index (χ1) is 6.41. The van der Waals surface area contributed by atoms with Crippen LogP contribution in [0.2, 0.25) is 0 Å². The molecule has 1 N–H and O–H groups in total. The zero-order valence-corrected chi connectivity index (χ0v) is 8.45. The molecule has 0 atom stereocenters. The first-order valence-corrected chi connectivity index (χ1v) is 4.60. The normalized spacial score (nSPS) is 20.4. The van der Waals surface area contributed by atoms with Crippen LogP contribution in [0.15, 0.2) is 0 Å². The van der Waals surface area contributed by atoms with Crippen LogP contribution < -0.4 is 0 Å². The summed E-state index contributed by atoms with van der Waals surface area (Å²) in [6, 6.07) is 0. The van der Waals surface area contributed by atoms with E-state index in [4.69, 9.17) is 9.84 Å². The SMILES string of the molecule is CC1(C)CCN(CCC(=O)O)C(=O)O1. The molecule has 5 heteroatoms. The Morgan fingerprint density at radius 2 is 2.29 bits per heavy atom. The predicted octanol–water partition coefficient (Wildman–Crippen LogP) is 1.08. The molecular weight excluding hydrogens is 186 g/mol. The van der Waals surface area contributed by atoms with E-state index in [0.717, 1.165) is 6.42 Å². The van der Waals surface area contributed by atoms with E-state index < -0.39 is 17.7 Å². The summed E-state index contributed by atoms with van der Waals surface area (Å²) in [6.45, 7) is 4.49. The van der Waals surface area contributed by atoms with Gasteiger partial charge in [0.1, 0.15) is 5.60 Å². The maximum Gasteiger partial charge on any atom is 0.410 e. The summed E-state index contributed by atoms with van der Waals surface area (Å²) in [5, 5.41) is 8.45. The lowest BCUT2D eigenvalue weighted by Gasteiger charge is -2.36. The number of hydrogen-bond donors (Lipinski definition) is 1. The summed E-state index contributed by atoms with van der Waals surface area (Å²) in [7, 11) is 0. The van der Waals surface area contributed by atoms with Crippen LogP contribution >= 0.6 is 0 Å². The molecule has 0 saturated carbocycles. The molecule has 0 aromatic carbocycles. The maximum atomic E-state index is 11.3. The summed E-state index contributed by atoms with van der Waals surface area (Å²) in [5.74, 6) is -0.900. The van der Waals surface area contributed by atoms with E-state index in [0.29, 0.717) is 6.54 Å². The highest BCUT2D eigenvalue weighted by Crippen LogP contribution is 2.21. The second kappa shape index (κ2) is 3.86. The summed E-state index contributed by atoms with van der Waals surface area (Å²) in [5.41, 5.74) is -0.420. The molecule has 1 fully saturated rings. The van der Waals surface area contributed by atoms with Crippen LogP contribution in [0.1, 0.15) is 26.7 Å². The van der Waals surface area contributed by atoms with Crippen molar-refractivity contribution >= 4 is 12.1 Å². The van der Waals surface area contributed by atoms with E-state index >= 15 is 0 Å². The van der Waals surface area contributed by atoms with Crippen molar-refractivity contribution in [3.05, 3.63) is 0 Å². The van der Waals surface area contributed by atoms with E-state index in [1.165, 1.54) is 4.90 Å². The highest BCUT2D eigenvalue weighted by atomic mass is 16.6. The van der Waals surface area contributed by atoms with Crippen LogP contribution in [0.4, 0.5) is 4.79 Å². The lowest BCUT2D eigenvalue weighted by Crippen LogP contribution is -2.47. The first-order valence-electron chi connectivity index (χ1n) is 4.60. The van der Waals surface area contributed by atoms with Crippen LogP contribution in [-0.4, -0.2) is 40.8 Å². The average molecular weight is 201 g/mol. The van der Waals surface area contributed by atoms with E-state index in [9.17, 15) is 9.59 Å². The fraction of sp³-hybridized carbons (Fsp3) is 0.778. The lowest BCUT2D eigenvalue weighted by molar-refractivity contribution is -0.137. The van der Waals surface area contributed by atoms with E-state index in [1.807, 2.05) is 13.8 Å². The Morgan fingerprint density at radius 1 is 1.64 bits per heavy atom. The highest BCUT2D eigenvalue weighted by molar-refractivity contribution is 5.71. The third-order valence-electron chi connectivity index (χ3n) is 2.20. The van der Waals surface area contributed by atoms with Gasteiger partial charge in [-0.1, -0.05) is 0 Å². The van der Waals surface area contributed by atoms with Gasteiger partial charge in [-0.15, -0.1) is 0 Å². The molecule has 0 aromatic heterocycles. The number of carbonyl (C=O) groups is 2. The van der Waals surface area contributed by atoms with Crippen molar-refractivity contribution in [1.29, 1.82) is 0 Å². The van der Waals surface area contributed by atoms with E-state index in [-0.39, 0.29) is 13.0 Å². The topological polar surface area (TPSA) is 66.8 Å². The Hall–Kier alpha value is -1.26. The molecule has 0 unspecified atom stereocenters. The number of amides is 1. The number of carbonyl (C=O) groups excluding carboxylic acids is 1. The van der Waals surface area contributed by atoms with Gasteiger partial charge in [0.05, 0.1) is 6.42 Å². The predicted molar refractivity (Wildman–Crippen MR) is 49.0 cm³/mol. The van der Waals surface area contributed by atoms with Crippen molar-refractivity contribution in [1.82, 2.24) is 4.90 Å². The molecule has 14 heavy (non-hydrogen) atoms. The van der Waals surface area contributed by atoms with Crippen molar-refractivity contribution in [3.63, 3.8) is 0 Å². The van der Waals surface area contributed by atoms with Gasteiger partial charge in [-0.2, -0.15) is 0 Å². The number of carboxylic acid groups (broad SMARTS) is 1. The molecule has 0 aromatic rings. The second-order valence-electron chi connectivity index (χ2n) is 4.01. The number of hydrogen-bond acceptors (Lipinski definition) is 3. The number of ether oxygens (including phenoxy) is 1. The largest absolute Gasteiger partial charge is 0.481 e. The number of cyclic esters (lactones) is 1. The molecule has 1 amide bonds. The van der Waals surface area contributed by atoms with E-state index in [1.54, 1.807) is 0 Å². The van der Waals surface area contributed by atoms with Gasteiger partial charge >= 0.3 is 12.1 Å². The highest BCUT2D eigenvalue weighted by Gasteiger charge is 2.32. The minimum absolute atomic E-state index is 0.0322. The van der Waals surface area contributed by atoms with Gasteiger partial charge in [0.25, 0.3) is 0 Å². The molecule has 0 spiro atoms. The number of rotatable bonds is 3. The van der Waals surface area contributed by atoms with Crippen molar-refractivity contribution in [2.24, 2.45) is 0 Å². The zero-order valence-electron chi connectivity index (χ0n) is 8.45. The molecule has 0 aliphatic carbocycles. The van der Waals surface area contributed by atoms with Crippen molar-refractivity contribution in [3.8, 4) is 0 Å². The smallest absolute Gasteiger partial charge is 0.410 e. The van der Waals surface area contributed by atoms with E-state index in [2.05, 4.69) is 0 Å². The average Bonchev–Trinajstić information content (AvgIpc) is 2.00. The molecule has 1 aliphatic rings. The lowest BCUT2D eigenvalue weighted by atomic mass is 10.0. The third-order valence-corrected chi connectivity index (χ3v) is 2.20. The summed E-state index contributed by atoms with van der Waals surface area (Å²) in [4.78, 5) is 23.1. The maximum absolute atomic E-state index is 11.3. The third kappa shape index (κ3) is 2.90. The quantitative estimate of drug-likeness (QED) is 0.742. The first kappa shape index (κ1) is 10.8. The Morgan fingerprint density at radius 3 is 2.79 bits per heavy atom.